The predicted octanol–water partition coefficient (Wildman–Crippen LogP) is 4.22. The molecule has 4 aromatic rings. The Kier molecular flexibility index (Phi) is 6.50. The number of nitrogens with zero attached hydrogens (tertiary/aromatic N) is 3. The molecule has 0 fully saturated rings. The van der Waals surface area contributed by atoms with Gasteiger partial charge >= 0.3 is 5.97 Å². The maximum absolute atomic E-state index is 12.3. The van der Waals surface area contributed by atoms with E-state index in [4.69, 9.17) is 25.3 Å². The first kappa shape index (κ1) is 22.2. The number of esters is 1. The van der Waals surface area contributed by atoms with Crippen molar-refractivity contribution in [3.05, 3.63) is 76.8 Å². The largest absolute Gasteiger partial charge is 0.454 e. The summed E-state index contributed by atoms with van der Waals surface area (Å²) in [6, 6.07) is 15.1. The number of rotatable bonds is 7. The van der Waals surface area contributed by atoms with Crippen LogP contribution in [0, 0.1) is 6.92 Å². The van der Waals surface area contributed by atoms with Gasteiger partial charge in [-0.2, -0.15) is 0 Å². The molecule has 0 saturated carbocycles. The van der Waals surface area contributed by atoms with Gasteiger partial charge in [0.2, 0.25) is 0 Å². The number of hydrogen-bond donors (Lipinski definition) is 1. The zero-order chi connectivity index (χ0) is 23.4. The number of aromatic nitrogens is 3. The van der Waals surface area contributed by atoms with E-state index in [0.29, 0.717) is 17.0 Å². The Morgan fingerprint density at radius 1 is 1.09 bits per heavy atom. The molecule has 1 N–H and O–H groups in total. The number of aryl methyl sites for hydroxylation is 1. The topological polar surface area (TPSA) is 120 Å². The molecule has 0 aliphatic heterocycles. The van der Waals surface area contributed by atoms with E-state index in [1.807, 2.05) is 30.3 Å². The van der Waals surface area contributed by atoms with Crippen LogP contribution in [0.15, 0.2) is 63.5 Å². The summed E-state index contributed by atoms with van der Waals surface area (Å²) in [5.41, 5.74) is 2.22. The van der Waals surface area contributed by atoms with Crippen molar-refractivity contribution in [2.24, 2.45) is 0 Å². The molecule has 9 nitrogen and oxygen atoms in total. The molecule has 0 spiro atoms. The van der Waals surface area contributed by atoms with E-state index in [1.165, 1.54) is 6.92 Å². The van der Waals surface area contributed by atoms with Crippen molar-refractivity contribution >= 4 is 23.5 Å². The normalized spacial score (nSPS) is 11.7. The average molecular weight is 467 g/mol. The molecular formula is C23H19ClN4O5. The number of amides is 1. The fourth-order valence-corrected chi connectivity index (χ4v) is 3.29. The number of benzene rings is 2. The van der Waals surface area contributed by atoms with E-state index in [2.05, 4.69) is 20.7 Å². The summed E-state index contributed by atoms with van der Waals surface area (Å²) >= 11 is 6.01. The van der Waals surface area contributed by atoms with Crippen LogP contribution in [0.4, 0.5) is 0 Å². The summed E-state index contributed by atoms with van der Waals surface area (Å²) in [7, 11) is 0. The second-order valence-electron chi connectivity index (χ2n) is 7.11. The molecule has 0 radical (unpaired) electrons. The Morgan fingerprint density at radius 3 is 2.58 bits per heavy atom. The molecule has 4 rings (SSSR count). The minimum atomic E-state index is -0.916. The quantitative estimate of drug-likeness (QED) is 0.402. The SMILES string of the molecule is Cc1onc(-c2ccccc2)c1-c1nnc(COC(=O)[C@H](C)NC(=O)c2ccccc2Cl)o1. The second kappa shape index (κ2) is 9.66. The molecule has 2 aromatic heterocycles. The zero-order valence-electron chi connectivity index (χ0n) is 17.7. The van der Waals surface area contributed by atoms with E-state index >= 15 is 0 Å². The highest BCUT2D eigenvalue weighted by atomic mass is 35.5. The highest BCUT2D eigenvalue weighted by Gasteiger charge is 2.23. The lowest BCUT2D eigenvalue weighted by molar-refractivity contribution is -0.147. The Balaban J connectivity index is 1.40. The van der Waals surface area contributed by atoms with Gasteiger partial charge in [0.05, 0.1) is 10.6 Å². The van der Waals surface area contributed by atoms with Crippen LogP contribution in [0.1, 0.15) is 28.9 Å². The van der Waals surface area contributed by atoms with Crippen molar-refractivity contribution < 1.29 is 23.3 Å². The van der Waals surface area contributed by atoms with Crippen molar-refractivity contribution in [2.45, 2.75) is 26.5 Å². The third kappa shape index (κ3) is 4.93. The summed E-state index contributed by atoms with van der Waals surface area (Å²) in [5, 5.41) is 14.9. The van der Waals surface area contributed by atoms with Crippen LogP contribution in [0.5, 0.6) is 0 Å². The van der Waals surface area contributed by atoms with Crippen molar-refractivity contribution in [3.63, 3.8) is 0 Å². The van der Waals surface area contributed by atoms with Crippen LogP contribution in [0.3, 0.4) is 0 Å². The van der Waals surface area contributed by atoms with Gasteiger partial charge in [-0.15, -0.1) is 10.2 Å². The van der Waals surface area contributed by atoms with Gasteiger partial charge in [-0.25, -0.2) is 4.79 Å². The highest BCUT2D eigenvalue weighted by molar-refractivity contribution is 6.33. The minimum absolute atomic E-state index is 0.0857. The van der Waals surface area contributed by atoms with E-state index < -0.39 is 17.9 Å². The van der Waals surface area contributed by atoms with Gasteiger partial charge in [0.15, 0.2) is 6.61 Å². The van der Waals surface area contributed by atoms with Gasteiger partial charge < -0.3 is 19.0 Å². The predicted molar refractivity (Wildman–Crippen MR) is 118 cm³/mol. The van der Waals surface area contributed by atoms with Crippen LogP contribution in [0.2, 0.25) is 5.02 Å². The molecular weight excluding hydrogens is 448 g/mol. The summed E-state index contributed by atoms with van der Waals surface area (Å²) in [4.78, 5) is 24.6. The lowest BCUT2D eigenvalue weighted by atomic mass is 10.1. The molecule has 10 heteroatoms. The number of ether oxygens (including phenoxy) is 1. The maximum Gasteiger partial charge on any atom is 0.328 e. The third-order valence-electron chi connectivity index (χ3n) is 4.75. The van der Waals surface area contributed by atoms with Crippen LogP contribution in [0.25, 0.3) is 22.7 Å². The monoisotopic (exact) mass is 466 g/mol. The van der Waals surface area contributed by atoms with E-state index in [9.17, 15) is 9.59 Å². The van der Waals surface area contributed by atoms with Crippen LogP contribution in [-0.2, 0) is 16.1 Å². The van der Waals surface area contributed by atoms with Crippen LogP contribution in [-0.4, -0.2) is 33.3 Å². The summed E-state index contributed by atoms with van der Waals surface area (Å²) in [6.07, 6.45) is 0. The van der Waals surface area contributed by atoms with Crippen molar-refractivity contribution in [1.29, 1.82) is 0 Å². The number of hydrogen-bond acceptors (Lipinski definition) is 8. The molecule has 0 aliphatic carbocycles. The first-order valence-electron chi connectivity index (χ1n) is 10.0. The first-order valence-corrected chi connectivity index (χ1v) is 10.4. The highest BCUT2D eigenvalue weighted by Crippen LogP contribution is 2.33. The number of carbonyl (C=O) groups excluding carboxylic acids is 2. The lowest BCUT2D eigenvalue weighted by Gasteiger charge is -2.13. The van der Waals surface area contributed by atoms with Gasteiger partial charge in [0, 0.05) is 5.56 Å². The van der Waals surface area contributed by atoms with Crippen molar-refractivity contribution in [3.8, 4) is 22.7 Å². The first-order chi connectivity index (χ1) is 15.9. The second-order valence-corrected chi connectivity index (χ2v) is 7.52. The van der Waals surface area contributed by atoms with Crippen molar-refractivity contribution in [1.82, 2.24) is 20.7 Å². The molecule has 0 bridgehead atoms. The average Bonchev–Trinajstić information content (AvgIpc) is 3.44. The Morgan fingerprint density at radius 2 is 1.82 bits per heavy atom. The zero-order valence-corrected chi connectivity index (χ0v) is 18.5. The summed E-state index contributed by atoms with van der Waals surface area (Å²) in [6.45, 7) is 2.98. The van der Waals surface area contributed by atoms with Crippen LogP contribution < -0.4 is 5.32 Å². The van der Waals surface area contributed by atoms with Crippen molar-refractivity contribution in [2.75, 3.05) is 0 Å². The molecule has 0 aliphatic rings. The standard InChI is InChI=1S/C23H19ClN4O5/c1-13(25-21(29)16-10-6-7-11-17(16)24)23(30)31-12-18-26-27-22(32-18)19-14(2)33-28-20(19)15-8-4-3-5-9-15/h3-11,13H,12H2,1-2H3,(H,25,29)/t13-/m0/s1. The third-order valence-corrected chi connectivity index (χ3v) is 5.08. The van der Waals surface area contributed by atoms with E-state index in [-0.39, 0.29) is 29.0 Å². The molecule has 1 amide bonds. The number of halogens is 1. The van der Waals surface area contributed by atoms with E-state index in [0.717, 1.165) is 5.56 Å². The Hall–Kier alpha value is -3.98. The molecule has 0 unspecified atom stereocenters. The number of carbonyl (C=O) groups is 2. The fraction of sp³-hybridized carbons (Fsp3) is 0.174. The molecule has 0 saturated heterocycles. The fourth-order valence-electron chi connectivity index (χ4n) is 3.07. The Bertz CT molecular complexity index is 1290. The molecule has 1 atom stereocenters. The van der Waals surface area contributed by atoms with Gasteiger partial charge in [-0.3, -0.25) is 4.79 Å². The summed E-state index contributed by atoms with van der Waals surface area (Å²) < 4.78 is 16.2. The van der Waals surface area contributed by atoms with E-state index in [1.54, 1.807) is 31.2 Å². The maximum atomic E-state index is 12.3. The van der Waals surface area contributed by atoms with Gasteiger partial charge in [-0.05, 0) is 26.0 Å². The Labute approximate surface area is 193 Å². The molecule has 33 heavy (non-hydrogen) atoms. The number of nitrogens with one attached hydrogen (secondary N) is 1. The minimum Gasteiger partial charge on any atom is -0.454 e. The smallest absolute Gasteiger partial charge is 0.328 e. The molecule has 2 heterocycles. The van der Waals surface area contributed by atoms with Gasteiger partial charge in [-0.1, -0.05) is 59.2 Å². The van der Waals surface area contributed by atoms with Gasteiger partial charge in [0.1, 0.15) is 23.1 Å². The summed E-state index contributed by atoms with van der Waals surface area (Å²) in [5.74, 6) is -0.360. The van der Waals surface area contributed by atoms with Gasteiger partial charge in [0.25, 0.3) is 17.7 Å². The molecule has 2 aromatic carbocycles. The van der Waals surface area contributed by atoms with Crippen LogP contribution >= 0.6 is 11.6 Å². The molecule has 168 valence electrons. The lowest BCUT2D eigenvalue weighted by Crippen LogP contribution is -2.39.